The van der Waals surface area contributed by atoms with Crippen LogP contribution in [0.25, 0.3) is 0 Å². The molecule has 1 amide bonds. The first-order valence-electron chi connectivity index (χ1n) is 5.05. The molecule has 0 aromatic carbocycles. The molecular formula is C10H13NO5S2. The van der Waals surface area contributed by atoms with Crippen molar-refractivity contribution >= 4 is 38.1 Å². The number of carboxylic acid groups (broad SMARTS) is 1. The van der Waals surface area contributed by atoms with E-state index < -0.39 is 32.7 Å². The van der Waals surface area contributed by atoms with Gasteiger partial charge in [-0.05, 0) is 19.9 Å². The summed E-state index contributed by atoms with van der Waals surface area (Å²) in [5.74, 6) is -2.37. The lowest BCUT2D eigenvalue weighted by Crippen LogP contribution is -2.27. The highest BCUT2D eigenvalue weighted by Crippen LogP contribution is 2.20. The molecule has 0 aliphatic rings. The molecule has 0 aliphatic carbocycles. The number of hydrogen-bond acceptors (Lipinski definition) is 5. The second-order valence-electron chi connectivity index (χ2n) is 3.91. The average molecular weight is 291 g/mol. The normalized spacial score (nSPS) is 11.5. The molecule has 0 unspecified atom stereocenters. The highest BCUT2D eigenvalue weighted by atomic mass is 32.2. The summed E-state index contributed by atoms with van der Waals surface area (Å²) in [5, 5.41) is 12.1. The molecule has 18 heavy (non-hydrogen) atoms. The number of sulfone groups is 1. The lowest BCUT2D eigenvalue weighted by atomic mass is 10.3. The first kappa shape index (κ1) is 14.7. The van der Waals surface area contributed by atoms with E-state index in [4.69, 9.17) is 5.11 Å². The Hall–Kier alpha value is -1.41. The molecular weight excluding hydrogens is 278 g/mol. The number of anilines is 1. The fraction of sp³-hybridized carbons (Fsp3) is 0.400. The Labute approximate surface area is 109 Å². The summed E-state index contributed by atoms with van der Waals surface area (Å²) in [6.07, 6.45) is 0. The van der Waals surface area contributed by atoms with Gasteiger partial charge in [0.05, 0.1) is 15.8 Å². The Bertz CT molecular complexity index is 559. The Morgan fingerprint density at radius 2 is 2.06 bits per heavy atom. The molecule has 0 aliphatic heterocycles. The second-order valence-corrected chi connectivity index (χ2v) is 7.38. The van der Waals surface area contributed by atoms with Crippen molar-refractivity contribution in [3.05, 3.63) is 17.0 Å². The molecule has 0 atom stereocenters. The van der Waals surface area contributed by atoms with Gasteiger partial charge in [-0.3, -0.25) is 4.79 Å². The summed E-state index contributed by atoms with van der Waals surface area (Å²) in [5.41, 5.74) is 0.0574. The van der Waals surface area contributed by atoms with E-state index in [0.717, 1.165) is 11.3 Å². The van der Waals surface area contributed by atoms with E-state index >= 15 is 0 Å². The molecule has 0 saturated heterocycles. The van der Waals surface area contributed by atoms with Crippen LogP contribution in [-0.4, -0.2) is 36.4 Å². The first-order chi connectivity index (χ1) is 8.22. The molecule has 1 rings (SSSR count). The molecule has 0 spiro atoms. The zero-order chi connectivity index (χ0) is 13.9. The van der Waals surface area contributed by atoms with Gasteiger partial charge in [-0.1, -0.05) is 0 Å². The van der Waals surface area contributed by atoms with Gasteiger partial charge in [-0.15, -0.1) is 11.3 Å². The van der Waals surface area contributed by atoms with E-state index in [-0.39, 0.29) is 5.56 Å². The fourth-order valence-corrected chi connectivity index (χ4v) is 2.60. The van der Waals surface area contributed by atoms with Crippen molar-refractivity contribution in [1.29, 1.82) is 0 Å². The van der Waals surface area contributed by atoms with Gasteiger partial charge in [-0.2, -0.15) is 0 Å². The number of nitrogens with one attached hydrogen (secondary N) is 1. The minimum Gasteiger partial charge on any atom is -0.478 e. The van der Waals surface area contributed by atoms with Gasteiger partial charge < -0.3 is 10.4 Å². The van der Waals surface area contributed by atoms with Crippen molar-refractivity contribution in [2.24, 2.45) is 0 Å². The van der Waals surface area contributed by atoms with E-state index in [0.29, 0.717) is 5.00 Å². The molecule has 1 aromatic heterocycles. The van der Waals surface area contributed by atoms with Gasteiger partial charge >= 0.3 is 5.97 Å². The monoisotopic (exact) mass is 291 g/mol. The van der Waals surface area contributed by atoms with Crippen LogP contribution in [0.3, 0.4) is 0 Å². The number of carbonyl (C=O) groups excluding carboxylic acids is 1. The number of hydrogen-bond donors (Lipinski definition) is 2. The summed E-state index contributed by atoms with van der Waals surface area (Å²) in [4.78, 5) is 22.1. The number of thiophene rings is 1. The predicted octanol–water partition coefficient (Wildman–Crippen LogP) is 1.21. The third kappa shape index (κ3) is 3.81. The van der Waals surface area contributed by atoms with Crippen molar-refractivity contribution in [2.75, 3.05) is 11.1 Å². The standard InChI is InChI=1S/C10H13NO5S2/c1-6(2)18(15,16)5-8(12)11-9-3-7(4-17-9)10(13)14/h3-4,6H,5H2,1-2H3,(H,11,12)(H,13,14). The largest absolute Gasteiger partial charge is 0.478 e. The minimum atomic E-state index is -3.45. The van der Waals surface area contributed by atoms with Crippen LogP contribution in [0.15, 0.2) is 11.4 Å². The number of rotatable bonds is 5. The maximum absolute atomic E-state index is 11.5. The Morgan fingerprint density at radius 3 is 2.50 bits per heavy atom. The van der Waals surface area contributed by atoms with Crippen LogP contribution >= 0.6 is 11.3 Å². The van der Waals surface area contributed by atoms with Crippen molar-refractivity contribution in [3.63, 3.8) is 0 Å². The summed E-state index contributed by atoms with van der Waals surface area (Å²) >= 11 is 1.03. The maximum Gasteiger partial charge on any atom is 0.336 e. The van der Waals surface area contributed by atoms with E-state index in [2.05, 4.69) is 5.32 Å². The lowest BCUT2D eigenvalue weighted by Gasteiger charge is -2.07. The third-order valence-electron chi connectivity index (χ3n) is 2.16. The van der Waals surface area contributed by atoms with E-state index in [1.165, 1.54) is 25.3 Å². The fourth-order valence-electron chi connectivity index (χ4n) is 1.04. The summed E-state index contributed by atoms with van der Waals surface area (Å²) < 4.78 is 23.0. The van der Waals surface area contributed by atoms with Gasteiger partial charge in [-0.25, -0.2) is 13.2 Å². The highest BCUT2D eigenvalue weighted by Gasteiger charge is 2.21. The SMILES string of the molecule is CC(C)S(=O)(=O)CC(=O)Nc1cc(C(=O)O)cs1. The molecule has 1 heterocycles. The molecule has 6 nitrogen and oxygen atoms in total. The highest BCUT2D eigenvalue weighted by molar-refractivity contribution is 7.92. The molecule has 8 heteroatoms. The van der Waals surface area contributed by atoms with Crippen LogP contribution in [0.5, 0.6) is 0 Å². The topological polar surface area (TPSA) is 101 Å². The van der Waals surface area contributed by atoms with Gasteiger partial charge in [0.2, 0.25) is 5.91 Å². The Kier molecular flexibility index (Phi) is 4.47. The number of carbonyl (C=O) groups is 2. The summed E-state index contributed by atoms with van der Waals surface area (Å²) in [6.45, 7) is 2.99. The summed E-state index contributed by atoms with van der Waals surface area (Å²) in [6, 6.07) is 1.28. The lowest BCUT2D eigenvalue weighted by molar-refractivity contribution is -0.113. The zero-order valence-corrected chi connectivity index (χ0v) is 11.5. The van der Waals surface area contributed by atoms with E-state index in [9.17, 15) is 18.0 Å². The van der Waals surface area contributed by atoms with Crippen LogP contribution in [0.1, 0.15) is 24.2 Å². The van der Waals surface area contributed by atoms with Crippen molar-refractivity contribution in [2.45, 2.75) is 19.1 Å². The van der Waals surface area contributed by atoms with Crippen LogP contribution in [0.2, 0.25) is 0 Å². The van der Waals surface area contributed by atoms with Crippen molar-refractivity contribution in [1.82, 2.24) is 0 Å². The Balaban J connectivity index is 2.68. The van der Waals surface area contributed by atoms with Crippen LogP contribution in [0, 0.1) is 0 Å². The molecule has 0 radical (unpaired) electrons. The third-order valence-corrected chi connectivity index (χ3v) is 5.11. The smallest absolute Gasteiger partial charge is 0.336 e. The summed E-state index contributed by atoms with van der Waals surface area (Å²) in [7, 11) is -3.45. The second kappa shape index (κ2) is 5.49. The van der Waals surface area contributed by atoms with Crippen LogP contribution in [0.4, 0.5) is 5.00 Å². The average Bonchev–Trinajstić information content (AvgIpc) is 2.64. The van der Waals surface area contributed by atoms with E-state index in [1.54, 1.807) is 0 Å². The number of carboxylic acids is 1. The molecule has 0 saturated carbocycles. The quantitative estimate of drug-likeness (QED) is 0.849. The number of amides is 1. The molecule has 0 bridgehead atoms. The molecule has 1 aromatic rings. The van der Waals surface area contributed by atoms with Gasteiger partial charge in [0.25, 0.3) is 0 Å². The van der Waals surface area contributed by atoms with Gasteiger partial charge in [0, 0.05) is 5.38 Å². The van der Waals surface area contributed by atoms with Gasteiger partial charge in [0.15, 0.2) is 9.84 Å². The minimum absolute atomic E-state index is 0.0574. The maximum atomic E-state index is 11.5. The van der Waals surface area contributed by atoms with Crippen molar-refractivity contribution in [3.8, 4) is 0 Å². The number of aromatic carboxylic acids is 1. The molecule has 2 N–H and O–H groups in total. The van der Waals surface area contributed by atoms with Crippen LogP contribution < -0.4 is 5.32 Å². The van der Waals surface area contributed by atoms with Crippen molar-refractivity contribution < 1.29 is 23.1 Å². The first-order valence-corrected chi connectivity index (χ1v) is 7.65. The zero-order valence-electron chi connectivity index (χ0n) is 9.84. The molecule has 0 fully saturated rings. The Morgan fingerprint density at radius 1 is 1.44 bits per heavy atom. The molecule has 100 valence electrons. The predicted molar refractivity (Wildman–Crippen MR) is 68.8 cm³/mol. The van der Waals surface area contributed by atoms with Gasteiger partial charge in [0.1, 0.15) is 5.75 Å². The van der Waals surface area contributed by atoms with E-state index in [1.807, 2.05) is 0 Å². The van der Waals surface area contributed by atoms with Crippen LogP contribution in [-0.2, 0) is 14.6 Å².